The van der Waals surface area contributed by atoms with E-state index in [0.717, 1.165) is 34.0 Å². The molecule has 1 aliphatic rings. The lowest BCUT2D eigenvalue weighted by Crippen LogP contribution is -2.04. The first-order chi connectivity index (χ1) is 16.1. The van der Waals surface area contributed by atoms with Crippen molar-refractivity contribution >= 4 is 11.6 Å². The number of hydrogen-bond acceptors (Lipinski definition) is 7. The number of pyridine rings is 1. The van der Waals surface area contributed by atoms with Crippen LogP contribution in [-0.4, -0.2) is 39.7 Å². The first-order valence-electron chi connectivity index (χ1n) is 10.6. The molecule has 1 aromatic carbocycles. The fourth-order valence-corrected chi connectivity index (χ4v) is 4.23. The van der Waals surface area contributed by atoms with Crippen molar-refractivity contribution in [3.05, 3.63) is 82.6 Å². The van der Waals surface area contributed by atoms with Crippen LogP contribution in [0.15, 0.2) is 53.6 Å². The lowest BCUT2D eigenvalue weighted by atomic mass is 10.1. The van der Waals surface area contributed by atoms with Gasteiger partial charge in [-0.3, -0.25) is 9.55 Å². The Kier molecular flexibility index (Phi) is 4.58. The largest absolute Gasteiger partial charge is 0.339 e. The van der Waals surface area contributed by atoms with Crippen LogP contribution in [0.4, 0.5) is 0 Å². The predicted octanol–water partition coefficient (Wildman–Crippen LogP) is 4.17. The summed E-state index contributed by atoms with van der Waals surface area (Å²) in [6.45, 7) is 4.03. The maximum Gasteiger partial charge on any atom is 0.229 e. The SMILES string of the molecule is CC(C)c1nc(-c2ncn3c2Cc2c(Cc4cccnc4)nnn2-c2cc(Cl)ccc2-3)no1. The van der Waals surface area contributed by atoms with Crippen LogP contribution in [0.2, 0.25) is 5.02 Å². The molecule has 164 valence electrons. The number of imidazole rings is 1. The number of benzene rings is 1. The zero-order chi connectivity index (χ0) is 22.5. The van der Waals surface area contributed by atoms with Crippen molar-refractivity contribution in [1.82, 2.24) is 39.7 Å². The average Bonchev–Trinajstić information content (AvgIpc) is 3.53. The molecule has 1 aliphatic heterocycles. The first kappa shape index (κ1) is 19.8. The van der Waals surface area contributed by atoms with Crippen LogP contribution in [0.5, 0.6) is 0 Å². The van der Waals surface area contributed by atoms with Gasteiger partial charge in [0.1, 0.15) is 12.0 Å². The van der Waals surface area contributed by atoms with Gasteiger partial charge in [0, 0.05) is 36.2 Å². The van der Waals surface area contributed by atoms with Gasteiger partial charge in [0.25, 0.3) is 0 Å². The Balaban J connectivity index is 1.53. The second kappa shape index (κ2) is 7.63. The standard InChI is InChI=1S/C23H19ClN8O/c1-13(2)23-27-22(29-33-23)21-20-10-18-16(8-14-4-3-7-25-11-14)28-30-32(18)19-9-15(24)5-6-17(19)31(20)12-26-21/h3-7,9,11-13H,8,10H2,1-2H3. The summed E-state index contributed by atoms with van der Waals surface area (Å²) < 4.78 is 9.35. The van der Waals surface area contributed by atoms with E-state index in [1.54, 1.807) is 12.5 Å². The summed E-state index contributed by atoms with van der Waals surface area (Å²) >= 11 is 6.37. The Morgan fingerprint density at radius 3 is 2.85 bits per heavy atom. The molecule has 0 radical (unpaired) electrons. The number of halogens is 1. The summed E-state index contributed by atoms with van der Waals surface area (Å²) in [4.78, 5) is 13.5. The third-order valence-electron chi connectivity index (χ3n) is 5.71. The van der Waals surface area contributed by atoms with Gasteiger partial charge >= 0.3 is 0 Å². The monoisotopic (exact) mass is 458 g/mol. The molecule has 0 aliphatic carbocycles. The Morgan fingerprint density at radius 2 is 2.06 bits per heavy atom. The molecule has 0 saturated carbocycles. The molecule has 5 heterocycles. The van der Waals surface area contributed by atoms with E-state index in [0.29, 0.717) is 35.3 Å². The van der Waals surface area contributed by atoms with Gasteiger partial charge in [0.2, 0.25) is 11.7 Å². The second-order valence-corrected chi connectivity index (χ2v) is 8.70. The topological polar surface area (TPSA) is 100 Å². The van der Waals surface area contributed by atoms with E-state index in [-0.39, 0.29) is 5.92 Å². The van der Waals surface area contributed by atoms with Crippen molar-refractivity contribution in [2.75, 3.05) is 0 Å². The Morgan fingerprint density at radius 1 is 1.15 bits per heavy atom. The minimum atomic E-state index is 0.132. The molecule has 4 aromatic heterocycles. The molecule has 0 fully saturated rings. The van der Waals surface area contributed by atoms with E-state index >= 15 is 0 Å². The van der Waals surface area contributed by atoms with E-state index in [1.807, 2.05) is 59.6 Å². The summed E-state index contributed by atoms with van der Waals surface area (Å²) in [5, 5.41) is 13.8. The number of nitrogens with zero attached hydrogens (tertiary/aromatic N) is 8. The fraction of sp³-hybridized carbons (Fsp3) is 0.217. The second-order valence-electron chi connectivity index (χ2n) is 8.26. The summed E-state index contributed by atoms with van der Waals surface area (Å²) in [5.74, 6) is 1.18. The maximum absolute atomic E-state index is 6.37. The van der Waals surface area contributed by atoms with Crippen molar-refractivity contribution in [1.29, 1.82) is 0 Å². The summed E-state index contributed by atoms with van der Waals surface area (Å²) in [6.07, 6.45) is 6.53. The van der Waals surface area contributed by atoms with E-state index in [2.05, 4.69) is 30.4 Å². The zero-order valence-electron chi connectivity index (χ0n) is 18.0. The molecule has 9 nitrogen and oxygen atoms in total. The Bertz CT molecular complexity index is 1470. The third kappa shape index (κ3) is 3.32. The highest BCUT2D eigenvalue weighted by Crippen LogP contribution is 2.34. The summed E-state index contributed by atoms with van der Waals surface area (Å²) in [7, 11) is 0. The average molecular weight is 459 g/mol. The van der Waals surface area contributed by atoms with Gasteiger partial charge in [0.05, 0.1) is 28.5 Å². The molecule has 0 unspecified atom stereocenters. The van der Waals surface area contributed by atoms with Crippen LogP contribution < -0.4 is 0 Å². The molecule has 0 spiro atoms. The highest BCUT2D eigenvalue weighted by molar-refractivity contribution is 6.30. The fourth-order valence-electron chi connectivity index (χ4n) is 4.07. The van der Waals surface area contributed by atoms with E-state index in [9.17, 15) is 0 Å². The van der Waals surface area contributed by atoms with Gasteiger partial charge in [-0.1, -0.05) is 41.9 Å². The van der Waals surface area contributed by atoms with Crippen LogP contribution in [0.25, 0.3) is 22.9 Å². The molecule has 33 heavy (non-hydrogen) atoms. The summed E-state index contributed by atoms with van der Waals surface area (Å²) in [5.41, 5.74) is 6.22. The molecule has 0 atom stereocenters. The normalized spacial score (nSPS) is 12.4. The number of rotatable bonds is 4. The van der Waals surface area contributed by atoms with Crippen LogP contribution >= 0.6 is 11.6 Å². The number of hydrogen-bond donors (Lipinski definition) is 0. The summed E-state index contributed by atoms with van der Waals surface area (Å²) in [6, 6.07) is 9.65. The van der Waals surface area contributed by atoms with E-state index in [1.165, 1.54) is 0 Å². The van der Waals surface area contributed by atoms with Gasteiger partial charge < -0.3 is 4.52 Å². The van der Waals surface area contributed by atoms with Crippen LogP contribution in [0, 0.1) is 0 Å². The number of aromatic nitrogens is 8. The van der Waals surface area contributed by atoms with Crippen molar-refractivity contribution in [2.45, 2.75) is 32.6 Å². The van der Waals surface area contributed by atoms with E-state index in [4.69, 9.17) is 16.1 Å². The van der Waals surface area contributed by atoms with Crippen LogP contribution in [0.3, 0.4) is 0 Å². The van der Waals surface area contributed by atoms with Gasteiger partial charge in [-0.05, 0) is 29.8 Å². The van der Waals surface area contributed by atoms with Gasteiger partial charge in [0.15, 0.2) is 0 Å². The molecule has 0 saturated heterocycles. The minimum Gasteiger partial charge on any atom is -0.339 e. The minimum absolute atomic E-state index is 0.132. The highest BCUT2D eigenvalue weighted by Gasteiger charge is 2.28. The van der Waals surface area contributed by atoms with Crippen molar-refractivity contribution in [2.24, 2.45) is 0 Å². The molecule has 5 aromatic rings. The molecular weight excluding hydrogens is 440 g/mol. The molecule has 0 amide bonds. The van der Waals surface area contributed by atoms with E-state index < -0.39 is 0 Å². The molecule has 6 rings (SSSR count). The Labute approximate surface area is 194 Å². The van der Waals surface area contributed by atoms with Crippen LogP contribution in [0.1, 0.15) is 48.3 Å². The number of fused-ring (bicyclic) bond motifs is 5. The molecular formula is C23H19ClN8O. The van der Waals surface area contributed by atoms with Crippen molar-refractivity contribution in [3.63, 3.8) is 0 Å². The predicted molar refractivity (Wildman–Crippen MR) is 121 cm³/mol. The van der Waals surface area contributed by atoms with Gasteiger partial charge in [-0.25, -0.2) is 9.67 Å². The quantitative estimate of drug-likeness (QED) is 0.390. The lowest BCUT2D eigenvalue weighted by molar-refractivity contribution is 0.365. The maximum atomic E-state index is 6.37. The van der Waals surface area contributed by atoms with Gasteiger partial charge in [-0.15, -0.1) is 5.10 Å². The van der Waals surface area contributed by atoms with Crippen molar-refractivity contribution in [3.8, 4) is 22.9 Å². The third-order valence-corrected chi connectivity index (χ3v) is 5.95. The highest BCUT2D eigenvalue weighted by atomic mass is 35.5. The molecule has 0 N–H and O–H groups in total. The van der Waals surface area contributed by atoms with Crippen LogP contribution in [-0.2, 0) is 12.8 Å². The molecule has 0 bridgehead atoms. The smallest absolute Gasteiger partial charge is 0.229 e. The van der Waals surface area contributed by atoms with Crippen molar-refractivity contribution < 1.29 is 4.52 Å². The Hall–Kier alpha value is -3.85. The lowest BCUT2D eigenvalue weighted by Gasteiger charge is -2.09. The first-order valence-corrected chi connectivity index (χ1v) is 11.0. The van der Waals surface area contributed by atoms with Gasteiger partial charge in [-0.2, -0.15) is 4.98 Å². The zero-order valence-corrected chi connectivity index (χ0v) is 18.7. The molecule has 10 heteroatoms.